The summed E-state index contributed by atoms with van der Waals surface area (Å²) in [6.07, 6.45) is 3.63. The van der Waals surface area contributed by atoms with Crippen molar-refractivity contribution >= 4 is 0 Å². The second-order valence-electron chi connectivity index (χ2n) is 1.61. The molecular formula is C6H8N2. The number of nitrogens with one attached hydrogen (secondary N) is 2. The van der Waals surface area contributed by atoms with Crippen LogP contribution in [0.1, 0.15) is 0 Å². The van der Waals surface area contributed by atoms with Crippen LogP contribution in [0.5, 0.6) is 0 Å². The van der Waals surface area contributed by atoms with Crippen LogP contribution < -0.4 is 10.6 Å². The van der Waals surface area contributed by atoms with E-state index < -0.39 is 0 Å². The second kappa shape index (κ2) is 1.74. The molecule has 0 aromatic carbocycles. The van der Waals surface area contributed by atoms with Crippen molar-refractivity contribution in [2.75, 3.05) is 0 Å². The monoisotopic (exact) mass is 108 g/mol. The summed E-state index contributed by atoms with van der Waals surface area (Å²) in [7, 11) is 0. The Labute approximate surface area is 48.6 Å². The molecule has 1 heterocycles. The van der Waals surface area contributed by atoms with Gasteiger partial charge >= 0.3 is 0 Å². The molecule has 1 aliphatic heterocycles. The SMILES string of the molecule is C=C1C=CNC(=C)N1. The Hall–Kier alpha value is -1.18. The van der Waals surface area contributed by atoms with E-state index in [4.69, 9.17) is 0 Å². The summed E-state index contributed by atoms with van der Waals surface area (Å²) in [5.41, 5.74) is 0.869. The van der Waals surface area contributed by atoms with Crippen LogP contribution in [0.2, 0.25) is 0 Å². The third-order valence-electron chi connectivity index (χ3n) is 0.854. The van der Waals surface area contributed by atoms with E-state index in [2.05, 4.69) is 23.8 Å². The van der Waals surface area contributed by atoms with E-state index >= 15 is 0 Å². The lowest BCUT2D eigenvalue weighted by molar-refractivity contribution is 0.860. The molecule has 0 fully saturated rings. The van der Waals surface area contributed by atoms with Gasteiger partial charge in [0.2, 0.25) is 0 Å². The van der Waals surface area contributed by atoms with Gasteiger partial charge in [-0.05, 0) is 6.08 Å². The molecule has 0 aliphatic carbocycles. The van der Waals surface area contributed by atoms with Crippen LogP contribution in [0.4, 0.5) is 0 Å². The Morgan fingerprint density at radius 1 is 1.38 bits per heavy atom. The molecule has 0 saturated carbocycles. The van der Waals surface area contributed by atoms with Crippen molar-refractivity contribution in [1.82, 2.24) is 10.6 Å². The molecule has 2 heteroatoms. The molecular weight excluding hydrogens is 100 g/mol. The Balaban J connectivity index is 2.68. The summed E-state index contributed by atoms with van der Waals surface area (Å²) in [4.78, 5) is 0. The number of hydrogen-bond acceptors (Lipinski definition) is 2. The van der Waals surface area contributed by atoms with Crippen LogP contribution in [-0.2, 0) is 0 Å². The number of allylic oxidation sites excluding steroid dienone is 1. The molecule has 1 rings (SSSR count). The summed E-state index contributed by atoms with van der Waals surface area (Å²) < 4.78 is 0. The molecule has 8 heavy (non-hydrogen) atoms. The maximum Gasteiger partial charge on any atom is 0.0997 e. The molecule has 0 bridgehead atoms. The van der Waals surface area contributed by atoms with Crippen LogP contribution in [0.25, 0.3) is 0 Å². The molecule has 0 aromatic heterocycles. The average molecular weight is 108 g/mol. The van der Waals surface area contributed by atoms with E-state index in [1.54, 1.807) is 6.20 Å². The first kappa shape index (κ1) is 4.97. The molecule has 2 N–H and O–H groups in total. The van der Waals surface area contributed by atoms with Gasteiger partial charge in [0.1, 0.15) is 0 Å². The molecule has 0 aromatic rings. The first-order chi connectivity index (χ1) is 3.79. The van der Waals surface area contributed by atoms with E-state index in [0.717, 1.165) is 11.5 Å². The van der Waals surface area contributed by atoms with Gasteiger partial charge in [0.05, 0.1) is 5.82 Å². The quantitative estimate of drug-likeness (QED) is 0.476. The maximum atomic E-state index is 3.67. The minimum Gasteiger partial charge on any atom is -0.349 e. The summed E-state index contributed by atoms with van der Waals surface area (Å²) in [6.45, 7) is 7.30. The molecule has 0 saturated heterocycles. The van der Waals surface area contributed by atoms with Crippen molar-refractivity contribution in [3.63, 3.8) is 0 Å². The topological polar surface area (TPSA) is 24.1 Å². The predicted octanol–water partition coefficient (Wildman–Crippen LogP) is 0.678. The predicted molar refractivity (Wildman–Crippen MR) is 33.7 cm³/mol. The molecule has 0 amide bonds. The zero-order chi connectivity index (χ0) is 5.98. The van der Waals surface area contributed by atoms with Gasteiger partial charge in [-0.1, -0.05) is 13.2 Å². The van der Waals surface area contributed by atoms with Crippen molar-refractivity contribution in [2.24, 2.45) is 0 Å². The maximum absolute atomic E-state index is 3.67. The lowest BCUT2D eigenvalue weighted by Crippen LogP contribution is -2.23. The summed E-state index contributed by atoms with van der Waals surface area (Å²) >= 11 is 0. The molecule has 0 atom stereocenters. The fraction of sp³-hybridized carbons (Fsp3) is 0. The zero-order valence-corrected chi connectivity index (χ0v) is 4.57. The highest BCUT2D eigenvalue weighted by Crippen LogP contribution is 1.94. The van der Waals surface area contributed by atoms with Crippen molar-refractivity contribution in [3.8, 4) is 0 Å². The van der Waals surface area contributed by atoms with Crippen molar-refractivity contribution in [1.29, 1.82) is 0 Å². The number of rotatable bonds is 0. The van der Waals surface area contributed by atoms with Gasteiger partial charge in [0.15, 0.2) is 0 Å². The van der Waals surface area contributed by atoms with E-state index in [9.17, 15) is 0 Å². The highest BCUT2D eigenvalue weighted by Gasteiger charge is 1.94. The standard InChI is InChI=1S/C6H8N2/c1-5-3-4-7-6(2)8-5/h3-4,7-8H,1-2H2. The van der Waals surface area contributed by atoms with Crippen molar-refractivity contribution < 1.29 is 0 Å². The van der Waals surface area contributed by atoms with E-state index in [-0.39, 0.29) is 0 Å². The highest BCUT2D eigenvalue weighted by molar-refractivity contribution is 5.21. The van der Waals surface area contributed by atoms with Crippen molar-refractivity contribution in [2.45, 2.75) is 0 Å². The average Bonchev–Trinajstić information content (AvgIpc) is 1.64. The minimum atomic E-state index is 0.775. The van der Waals surface area contributed by atoms with Gasteiger partial charge in [-0.15, -0.1) is 0 Å². The van der Waals surface area contributed by atoms with Crippen molar-refractivity contribution in [3.05, 3.63) is 37.0 Å². The van der Waals surface area contributed by atoms with Crippen LogP contribution >= 0.6 is 0 Å². The van der Waals surface area contributed by atoms with Gasteiger partial charge in [-0.25, -0.2) is 0 Å². The fourth-order valence-electron chi connectivity index (χ4n) is 0.514. The molecule has 42 valence electrons. The van der Waals surface area contributed by atoms with Gasteiger partial charge in [0, 0.05) is 11.9 Å². The lowest BCUT2D eigenvalue weighted by Gasteiger charge is -2.12. The Kier molecular flexibility index (Phi) is 1.08. The molecule has 2 nitrogen and oxygen atoms in total. The van der Waals surface area contributed by atoms with Gasteiger partial charge in [0.25, 0.3) is 0 Å². The third kappa shape index (κ3) is 0.904. The van der Waals surface area contributed by atoms with Crippen LogP contribution in [0.3, 0.4) is 0 Å². The van der Waals surface area contributed by atoms with Gasteiger partial charge in [-0.2, -0.15) is 0 Å². The molecule has 0 spiro atoms. The van der Waals surface area contributed by atoms with Crippen LogP contribution in [-0.4, -0.2) is 0 Å². The Bertz CT molecular complexity index is 156. The van der Waals surface area contributed by atoms with Crippen LogP contribution in [0, 0.1) is 0 Å². The fourth-order valence-corrected chi connectivity index (χ4v) is 0.514. The number of hydrogen-bond donors (Lipinski definition) is 2. The molecule has 1 aliphatic rings. The zero-order valence-electron chi connectivity index (χ0n) is 4.57. The van der Waals surface area contributed by atoms with E-state index in [0.29, 0.717) is 0 Å². The largest absolute Gasteiger partial charge is 0.349 e. The molecule has 0 radical (unpaired) electrons. The van der Waals surface area contributed by atoms with Crippen LogP contribution in [0.15, 0.2) is 37.0 Å². The first-order valence-corrected chi connectivity index (χ1v) is 2.37. The Morgan fingerprint density at radius 2 is 2.12 bits per heavy atom. The van der Waals surface area contributed by atoms with E-state index in [1.807, 2.05) is 6.08 Å². The smallest absolute Gasteiger partial charge is 0.0997 e. The minimum absolute atomic E-state index is 0.775. The Morgan fingerprint density at radius 3 is 2.50 bits per heavy atom. The summed E-state index contributed by atoms with van der Waals surface area (Å²) in [5, 5.41) is 5.76. The lowest BCUT2D eigenvalue weighted by atomic mass is 10.4. The van der Waals surface area contributed by atoms with Gasteiger partial charge < -0.3 is 10.6 Å². The second-order valence-corrected chi connectivity index (χ2v) is 1.61. The summed E-state index contributed by atoms with van der Waals surface area (Å²) in [5.74, 6) is 0.775. The summed E-state index contributed by atoms with van der Waals surface area (Å²) in [6, 6.07) is 0. The third-order valence-corrected chi connectivity index (χ3v) is 0.854. The highest BCUT2D eigenvalue weighted by atomic mass is 15.1. The first-order valence-electron chi connectivity index (χ1n) is 2.37. The molecule has 0 unspecified atom stereocenters. The van der Waals surface area contributed by atoms with E-state index in [1.165, 1.54) is 0 Å². The normalized spacial score (nSPS) is 17.5. The van der Waals surface area contributed by atoms with Gasteiger partial charge in [-0.3, -0.25) is 0 Å².